The van der Waals surface area contributed by atoms with Crippen molar-refractivity contribution in [3.05, 3.63) is 60.4 Å². The summed E-state index contributed by atoms with van der Waals surface area (Å²) in [4.78, 5) is 7.48. The summed E-state index contributed by atoms with van der Waals surface area (Å²) in [5, 5.41) is 3.94. The molecule has 1 aromatic carbocycles. The first-order valence-corrected chi connectivity index (χ1v) is 5.62. The summed E-state index contributed by atoms with van der Waals surface area (Å²) in [5.74, 6) is -2.33. The molecule has 2 heterocycles. The standard InChI is InChI=1S/C13H7F3N4/c14-9-5-17-13(18-6-9)20-7-8(4-19-20)10-2-1-3-11(15)12(10)16/h1-7H. The summed E-state index contributed by atoms with van der Waals surface area (Å²) < 4.78 is 40.8. The summed E-state index contributed by atoms with van der Waals surface area (Å²) in [6, 6.07) is 3.87. The second-order valence-corrected chi connectivity index (χ2v) is 3.98. The maximum absolute atomic E-state index is 13.7. The third kappa shape index (κ3) is 2.13. The number of nitrogens with zero attached hydrogens (tertiary/aromatic N) is 4. The van der Waals surface area contributed by atoms with E-state index in [0.717, 1.165) is 18.5 Å². The summed E-state index contributed by atoms with van der Waals surface area (Å²) in [7, 11) is 0. The van der Waals surface area contributed by atoms with E-state index in [1.54, 1.807) is 0 Å². The number of aromatic nitrogens is 4. The number of hydrogen-bond acceptors (Lipinski definition) is 3. The molecule has 0 unspecified atom stereocenters. The minimum atomic E-state index is -0.952. The highest BCUT2D eigenvalue weighted by atomic mass is 19.2. The largest absolute Gasteiger partial charge is 0.250 e. The lowest BCUT2D eigenvalue weighted by Crippen LogP contribution is -2.01. The zero-order chi connectivity index (χ0) is 14.1. The monoisotopic (exact) mass is 276 g/mol. The Kier molecular flexibility index (Phi) is 2.94. The molecule has 0 saturated carbocycles. The molecule has 0 amide bonds. The molecule has 20 heavy (non-hydrogen) atoms. The van der Waals surface area contributed by atoms with E-state index in [1.807, 2.05) is 0 Å². The van der Waals surface area contributed by atoms with Crippen LogP contribution >= 0.6 is 0 Å². The van der Waals surface area contributed by atoms with Crippen LogP contribution in [0.3, 0.4) is 0 Å². The van der Waals surface area contributed by atoms with Gasteiger partial charge in [-0.2, -0.15) is 5.10 Å². The Labute approximate surface area is 111 Å². The predicted molar refractivity (Wildman–Crippen MR) is 64.5 cm³/mol. The third-order valence-corrected chi connectivity index (χ3v) is 2.66. The molecule has 0 fully saturated rings. The molecule has 2 aromatic heterocycles. The molecule has 0 aliphatic carbocycles. The third-order valence-electron chi connectivity index (χ3n) is 2.66. The van der Waals surface area contributed by atoms with Gasteiger partial charge in [-0.1, -0.05) is 12.1 Å². The quantitative estimate of drug-likeness (QED) is 0.723. The first-order valence-electron chi connectivity index (χ1n) is 5.62. The molecule has 7 heteroatoms. The molecular weight excluding hydrogens is 269 g/mol. The zero-order valence-electron chi connectivity index (χ0n) is 9.96. The lowest BCUT2D eigenvalue weighted by atomic mass is 10.1. The summed E-state index contributed by atoms with van der Waals surface area (Å²) >= 11 is 0. The van der Waals surface area contributed by atoms with Crippen LogP contribution in [0.2, 0.25) is 0 Å². The van der Waals surface area contributed by atoms with Gasteiger partial charge in [-0.3, -0.25) is 0 Å². The van der Waals surface area contributed by atoms with Crippen molar-refractivity contribution in [2.24, 2.45) is 0 Å². The van der Waals surface area contributed by atoms with Crippen LogP contribution < -0.4 is 0 Å². The number of hydrogen-bond donors (Lipinski definition) is 0. The predicted octanol–water partition coefficient (Wildman–Crippen LogP) is 2.75. The average molecular weight is 276 g/mol. The Morgan fingerprint density at radius 3 is 2.45 bits per heavy atom. The van der Waals surface area contributed by atoms with E-state index in [0.29, 0.717) is 5.56 Å². The molecule has 3 aromatic rings. The average Bonchev–Trinajstić information content (AvgIpc) is 2.92. The second-order valence-electron chi connectivity index (χ2n) is 3.98. The fraction of sp³-hybridized carbons (Fsp3) is 0. The van der Waals surface area contributed by atoms with Gasteiger partial charge in [0.25, 0.3) is 5.95 Å². The van der Waals surface area contributed by atoms with Gasteiger partial charge in [0.2, 0.25) is 0 Å². The molecule has 0 aliphatic rings. The van der Waals surface area contributed by atoms with Gasteiger partial charge in [-0.25, -0.2) is 27.8 Å². The molecule has 0 bridgehead atoms. The molecule has 0 radical (unpaired) electrons. The zero-order valence-corrected chi connectivity index (χ0v) is 9.96. The van der Waals surface area contributed by atoms with Gasteiger partial charge in [0.1, 0.15) is 0 Å². The fourth-order valence-corrected chi connectivity index (χ4v) is 1.72. The van der Waals surface area contributed by atoms with Crippen LogP contribution in [-0.2, 0) is 0 Å². The number of rotatable bonds is 2. The van der Waals surface area contributed by atoms with Crippen LogP contribution in [0.25, 0.3) is 17.1 Å². The first-order chi connectivity index (χ1) is 9.65. The van der Waals surface area contributed by atoms with Gasteiger partial charge in [-0.15, -0.1) is 0 Å². The molecule has 3 rings (SSSR count). The molecular formula is C13H7F3N4. The highest BCUT2D eigenvalue weighted by Crippen LogP contribution is 2.24. The fourth-order valence-electron chi connectivity index (χ4n) is 1.72. The maximum Gasteiger partial charge on any atom is 0.250 e. The van der Waals surface area contributed by atoms with Crippen LogP contribution in [0, 0.1) is 17.5 Å². The van der Waals surface area contributed by atoms with E-state index < -0.39 is 17.5 Å². The highest BCUT2D eigenvalue weighted by Gasteiger charge is 2.12. The van der Waals surface area contributed by atoms with E-state index in [2.05, 4.69) is 15.1 Å². The van der Waals surface area contributed by atoms with Crippen LogP contribution in [0.15, 0.2) is 43.0 Å². The highest BCUT2D eigenvalue weighted by molar-refractivity contribution is 5.62. The second kappa shape index (κ2) is 4.76. The van der Waals surface area contributed by atoms with Crippen molar-refractivity contribution in [2.75, 3.05) is 0 Å². The molecule has 0 atom stereocenters. The molecule has 0 spiro atoms. The number of benzene rings is 1. The van der Waals surface area contributed by atoms with E-state index in [4.69, 9.17) is 0 Å². The Hall–Kier alpha value is -2.70. The van der Waals surface area contributed by atoms with E-state index >= 15 is 0 Å². The van der Waals surface area contributed by atoms with Gasteiger partial charge in [-0.05, 0) is 6.07 Å². The Balaban J connectivity index is 2.02. The Morgan fingerprint density at radius 1 is 0.950 bits per heavy atom. The SMILES string of the molecule is Fc1cnc(-n2cc(-c3cccc(F)c3F)cn2)nc1. The minimum absolute atomic E-state index is 0.0818. The smallest absolute Gasteiger partial charge is 0.217 e. The summed E-state index contributed by atoms with van der Waals surface area (Å²) in [6.07, 6.45) is 4.77. The molecule has 0 aliphatic heterocycles. The normalized spacial score (nSPS) is 10.8. The van der Waals surface area contributed by atoms with Crippen molar-refractivity contribution < 1.29 is 13.2 Å². The summed E-state index contributed by atoms with van der Waals surface area (Å²) in [5.41, 5.74) is 0.452. The number of halogens is 3. The van der Waals surface area contributed by atoms with Gasteiger partial charge < -0.3 is 0 Å². The van der Waals surface area contributed by atoms with Gasteiger partial charge in [0, 0.05) is 17.3 Å². The molecule has 0 saturated heterocycles. The van der Waals surface area contributed by atoms with Crippen molar-refractivity contribution in [1.29, 1.82) is 0 Å². The van der Waals surface area contributed by atoms with Crippen LogP contribution in [-0.4, -0.2) is 19.7 Å². The van der Waals surface area contributed by atoms with Crippen LogP contribution in [0.5, 0.6) is 0 Å². The van der Waals surface area contributed by atoms with Gasteiger partial charge in [0.05, 0.1) is 18.6 Å². The van der Waals surface area contributed by atoms with E-state index in [1.165, 1.54) is 29.2 Å². The molecule has 0 N–H and O–H groups in total. The maximum atomic E-state index is 13.7. The van der Waals surface area contributed by atoms with E-state index in [9.17, 15) is 13.2 Å². The molecule has 100 valence electrons. The first kappa shape index (κ1) is 12.3. The van der Waals surface area contributed by atoms with Crippen molar-refractivity contribution in [2.45, 2.75) is 0 Å². The van der Waals surface area contributed by atoms with Gasteiger partial charge in [0.15, 0.2) is 17.5 Å². The lowest BCUT2D eigenvalue weighted by Gasteiger charge is -2.00. The minimum Gasteiger partial charge on any atom is -0.217 e. The van der Waals surface area contributed by atoms with Crippen molar-refractivity contribution in [3.8, 4) is 17.1 Å². The Bertz CT molecular complexity index is 753. The summed E-state index contributed by atoms with van der Waals surface area (Å²) in [6.45, 7) is 0. The van der Waals surface area contributed by atoms with Crippen LogP contribution in [0.4, 0.5) is 13.2 Å². The van der Waals surface area contributed by atoms with Crippen molar-refractivity contribution >= 4 is 0 Å². The topological polar surface area (TPSA) is 43.6 Å². The van der Waals surface area contributed by atoms with Crippen molar-refractivity contribution in [3.63, 3.8) is 0 Å². The Morgan fingerprint density at radius 2 is 1.70 bits per heavy atom. The molecule has 4 nitrogen and oxygen atoms in total. The lowest BCUT2D eigenvalue weighted by molar-refractivity contribution is 0.511. The van der Waals surface area contributed by atoms with Gasteiger partial charge >= 0.3 is 0 Å². The van der Waals surface area contributed by atoms with E-state index in [-0.39, 0.29) is 11.5 Å². The van der Waals surface area contributed by atoms with Crippen molar-refractivity contribution in [1.82, 2.24) is 19.7 Å². The van der Waals surface area contributed by atoms with Crippen LogP contribution in [0.1, 0.15) is 0 Å².